The molecule has 208 valence electrons. The average Bonchev–Trinajstić information content (AvgIpc) is 3.58. The van der Waals surface area contributed by atoms with E-state index in [0.717, 1.165) is 46.7 Å². The molecule has 3 aliphatic rings. The van der Waals surface area contributed by atoms with E-state index in [1.165, 1.54) is 50.3 Å². The van der Waals surface area contributed by atoms with Crippen LogP contribution >= 0.6 is 0 Å². The van der Waals surface area contributed by atoms with Gasteiger partial charge in [0, 0.05) is 56.7 Å². The van der Waals surface area contributed by atoms with Crippen molar-refractivity contribution in [2.45, 2.75) is 57.0 Å². The van der Waals surface area contributed by atoms with Gasteiger partial charge in [0.25, 0.3) is 0 Å². The quantitative estimate of drug-likeness (QED) is 0.392. The van der Waals surface area contributed by atoms with Crippen molar-refractivity contribution in [2.24, 2.45) is 10.7 Å². The first-order valence-corrected chi connectivity index (χ1v) is 14.8. The molecule has 1 saturated heterocycles. The van der Waals surface area contributed by atoms with E-state index in [2.05, 4.69) is 57.7 Å². The van der Waals surface area contributed by atoms with Gasteiger partial charge in [-0.3, -0.25) is 14.6 Å². The zero-order valence-corrected chi connectivity index (χ0v) is 23.6. The van der Waals surface area contributed by atoms with Crippen molar-refractivity contribution in [3.63, 3.8) is 0 Å². The van der Waals surface area contributed by atoms with Gasteiger partial charge in [-0.1, -0.05) is 43.3 Å². The van der Waals surface area contributed by atoms with Crippen molar-refractivity contribution in [3.8, 4) is 11.3 Å². The van der Waals surface area contributed by atoms with E-state index < -0.39 is 0 Å². The Morgan fingerprint density at radius 2 is 1.70 bits per heavy atom. The molecule has 2 aliphatic heterocycles. The highest BCUT2D eigenvalue weighted by Gasteiger charge is 2.34. The van der Waals surface area contributed by atoms with Gasteiger partial charge in [-0.15, -0.1) is 0 Å². The number of fused-ring (bicyclic) bond motifs is 2. The minimum Gasteiger partial charge on any atom is -0.440 e. The summed E-state index contributed by atoms with van der Waals surface area (Å²) in [4.78, 5) is 14.6. The fourth-order valence-corrected chi connectivity index (χ4v) is 6.87. The first-order chi connectivity index (χ1) is 19.5. The molecule has 8 heteroatoms. The van der Waals surface area contributed by atoms with Crippen molar-refractivity contribution in [1.82, 2.24) is 24.6 Å². The second-order valence-electron chi connectivity index (χ2n) is 11.9. The number of likely N-dealkylation sites (N-methyl/N-ethyl adjacent to an activating group) is 1. The molecule has 4 heterocycles. The summed E-state index contributed by atoms with van der Waals surface area (Å²) in [6, 6.07) is 17.6. The number of hydrogen-bond acceptors (Lipinski definition) is 7. The summed E-state index contributed by atoms with van der Waals surface area (Å²) in [6.45, 7) is 7.69. The van der Waals surface area contributed by atoms with Crippen LogP contribution in [0.2, 0.25) is 0 Å². The number of piperazine rings is 1. The third kappa shape index (κ3) is 4.73. The summed E-state index contributed by atoms with van der Waals surface area (Å²) in [7, 11) is 2.23. The molecule has 1 saturated carbocycles. The van der Waals surface area contributed by atoms with Crippen LogP contribution in [0.25, 0.3) is 22.4 Å². The molecule has 1 unspecified atom stereocenters. The number of oxazole rings is 1. The van der Waals surface area contributed by atoms with Crippen LogP contribution in [0.4, 0.5) is 0 Å². The monoisotopic (exact) mass is 537 g/mol. The fourth-order valence-electron chi connectivity index (χ4n) is 6.87. The van der Waals surface area contributed by atoms with Crippen LogP contribution in [0, 0.1) is 0 Å². The maximum atomic E-state index is 6.57. The minimum atomic E-state index is 0.283. The van der Waals surface area contributed by atoms with Crippen molar-refractivity contribution in [2.75, 3.05) is 39.8 Å². The number of amidine groups is 1. The number of aliphatic imine (C=N–C) groups is 1. The van der Waals surface area contributed by atoms with Gasteiger partial charge in [-0.25, -0.2) is 4.98 Å². The van der Waals surface area contributed by atoms with Crippen molar-refractivity contribution < 1.29 is 4.42 Å². The molecule has 0 spiro atoms. The summed E-state index contributed by atoms with van der Waals surface area (Å²) in [5.41, 5.74) is 13.6. The zero-order valence-electron chi connectivity index (χ0n) is 23.6. The highest BCUT2D eigenvalue weighted by atomic mass is 16.3. The van der Waals surface area contributed by atoms with Gasteiger partial charge in [0.2, 0.25) is 0 Å². The molecule has 0 bridgehead atoms. The van der Waals surface area contributed by atoms with Gasteiger partial charge < -0.3 is 15.1 Å². The zero-order chi connectivity index (χ0) is 27.2. The molecule has 4 aromatic rings. The Morgan fingerprint density at radius 3 is 2.48 bits per heavy atom. The lowest BCUT2D eigenvalue weighted by molar-refractivity contribution is 0.0806. The average molecular weight is 538 g/mol. The van der Waals surface area contributed by atoms with E-state index in [1.54, 1.807) is 0 Å². The van der Waals surface area contributed by atoms with Gasteiger partial charge in [0.15, 0.2) is 11.5 Å². The Labute approximate surface area is 235 Å². The molecular weight excluding hydrogens is 498 g/mol. The molecule has 2 fully saturated rings. The van der Waals surface area contributed by atoms with Gasteiger partial charge in [-0.2, -0.15) is 5.10 Å². The van der Waals surface area contributed by atoms with Gasteiger partial charge in [0.05, 0.1) is 17.3 Å². The van der Waals surface area contributed by atoms with E-state index in [-0.39, 0.29) is 5.92 Å². The number of nitrogens with zero attached hydrogens (tertiary/aromatic N) is 6. The Morgan fingerprint density at radius 1 is 0.950 bits per heavy atom. The second-order valence-corrected chi connectivity index (χ2v) is 11.9. The van der Waals surface area contributed by atoms with Gasteiger partial charge in [-0.05, 0) is 50.4 Å². The van der Waals surface area contributed by atoms with Gasteiger partial charge >= 0.3 is 0 Å². The third-order valence-electron chi connectivity index (χ3n) is 9.18. The highest BCUT2D eigenvalue weighted by Crippen LogP contribution is 2.39. The first-order valence-electron chi connectivity index (χ1n) is 14.8. The smallest absolute Gasteiger partial charge is 0.199 e. The number of benzene rings is 2. The van der Waals surface area contributed by atoms with E-state index >= 15 is 0 Å². The molecule has 40 heavy (non-hydrogen) atoms. The Bertz CT molecular complexity index is 1520. The molecule has 7 rings (SSSR count). The topological polar surface area (TPSA) is 88.7 Å². The molecule has 2 aromatic heterocycles. The van der Waals surface area contributed by atoms with E-state index in [9.17, 15) is 0 Å². The number of aromatic nitrogens is 3. The Kier molecular flexibility index (Phi) is 6.68. The normalized spacial score (nSPS) is 24.2. The lowest BCUT2D eigenvalue weighted by Gasteiger charge is -2.41. The summed E-state index contributed by atoms with van der Waals surface area (Å²) in [5, 5.41) is 5.29. The Balaban J connectivity index is 1.18. The van der Waals surface area contributed by atoms with Crippen molar-refractivity contribution in [1.29, 1.82) is 0 Å². The minimum absolute atomic E-state index is 0.283. The molecule has 1 aliphatic carbocycles. The third-order valence-corrected chi connectivity index (χ3v) is 9.18. The summed E-state index contributed by atoms with van der Waals surface area (Å²) >= 11 is 0. The van der Waals surface area contributed by atoms with Crippen LogP contribution in [0.1, 0.15) is 67.3 Å². The first kappa shape index (κ1) is 25.5. The highest BCUT2D eigenvalue weighted by molar-refractivity contribution is 6.05. The second kappa shape index (κ2) is 10.5. The maximum absolute atomic E-state index is 6.57. The fraction of sp³-hybridized carbons (Fsp3) is 0.469. The van der Waals surface area contributed by atoms with Crippen LogP contribution in [-0.2, 0) is 6.42 Å². The predicted octanol–water partition coefficient (Wildman–Crippen LogP) is 4.84. The number of rotatable bonds is 5. The molecule has 1 atom stereocenters. The van der Waals surface area contributed by atoms with E-state index in [0.29, 0.717) is 30.9 Å². The SMILES string of the molecule is CC1CN=C(N)c2c(-c3ccc4nc(Cc5ccccc5)oc4c3)nn(C3CCC(N4CCN(C)CC4)CC3)c21. The molecule has 0 radical (unpaired) electrons. The molecule has 0 amide bonds. The van der Waals surface area contributed by atoms with Gasteiger partial charge in [0.1, 0.15) is 17.0 Å². The molecular formula is C32H39N7O. The summed E-state index contributed by atoms with van der Waals surface area (Å²) in [6.07, 6.45) is 5.43. The van der Waals surface area contributed by atoms with Crippen LogP contribution in [0.3, 0.4) is 0 Å². The molecule has 2 N–H and O–H groups in total. The van der Waals surface area contributed by atoms with Crippen LogP contribution in [0.5, 0.6) is 0 Å². The van der Waals surface area contributed by atoms with Crippen LogP contribution < -0.4 is 5.73 Å². The lowest BCUT2D eigenvalue weighted by atomic mass is 9.88. The van der Waals surface area contributed by atoms with Crippen molar-refractivity contribution >= 4 is 16.9 Å². The summed E-state index contributed by atoms with van der Waals surface area (Å²) < 4.78 is 8.53. The van der Waals surface area contributed by atoms with Crippen LogP contribution in [-0.4, -0.2) is 76.2 Å². The summed E-state index contributed by atoms with van der Waals surface area (Å²) in [5.74, 6) is 1.60. The number of hydrogen-bond donors (Lipinski definition) is 1. The maximum Gasteiger partial charge on any atom is 0.199 e. The van der Waals surface area contributed by atoms with E-state index in [1.807, 2.05) is 24.3 Å². The largest absolute Gasteiger partial charge is 0.440 e. The Hall–Kier alpha value is -3.49. The van der Waals surface area contributed by atoms with Crippen LogP contribution in [0.15, 0.2) is 57.9 Å². The lowest BCUT2D eigenvalue weighted by Crippen LogP contribution is -2.50. The standard InChI is InChI=1S/C32H39N7O/c1-21-20-34-32(33)29-30(23-8-13-26-27(19-23)40-28(35-26)18-22-6-4-3-5-7-22)36-39(31(21)29)25-11-9-24(10-12-25)38-16-14-37(2)15-17-38/h3-8,13,19,21,24-25H,9-12,14-18,20H2,1-2H3,(H2,33,34). The van der Waals surface area contributed by atoms with Crippen molar-refractivity contribution in [3.05, 3.63) is 71.2 Å². The molecule has 8 nitrogen and oxygen atoms in total. The van der Waals surface area contributed by atoms with E-state index in [4.69, 9.17) is 20.2 Å². The number of nitrogens with two attached hydrogens (primary N) is 1. The predicted molar refractivity (Wildman–Crippen MR) is 159 cm³/mol. The molecule has 2 aromatic carbocycles.